The Labute approximate surface area is 126 Å². The molecule has 1 atom stereocenters. The summed E-state index contributed by atoms with van der Waals surface area (Å²) < 4.78 is 6.31. The number of methoxy groups -OCH3 is 1. The van der Waals surface area contributed by atoms with Gasteiger partial charge in [0.15, 0.2) is 0 Å². The molecule has 0 aliphatic rings. The van der Waals surface area contributed by atoms with E-state index in [0.29, 0.717) is 0 Å². The van der Waals surface area contributed by atoms with Gasteiger partial charge < -0.3 is 10.1 Å². The molecule has 0 bridgehead atoms. The average molecular weight is 340 g/mol. The fraction of sp³-hybridized carbons (Fsp3) is 0.333. The van der Waals surface area contributed by atoms with Gasteiger partial charge in [-0.05, 0) is 43.3 Å². The highest BCUT2D eigenvalue weighted by Crippen LogP contribution is 2.34. The Hall–Kier alpha value is -0.840. The predicted octanol–water partition coefficient (Wildman–Crippen LogP) is 4.39. The summed E-state index contributed by atoms with van der Waals surface area (Å²) in [6.45, 7) is 2.19. The Morgan fingerprint density at radius 3 is 2.63 bits per heavy atom. The van der Waals surface area contributed by atoms with Crippen LogP contribution >= 0.6 is 27.3 Å². The molecule has 0 fully saturated rings. The molecule has 0 spiro atoms. The van der Waals surface area contributed by atoms with Crippen LogP contribution in [0.25, 0.3) is 0 Å². The molecule has 19 heavy (non-hydrogen) atoms. The lowest BCUT2D eigenvalue weighted by Gasteiger charge is -2.17. The first kappa shape index (κ1) is 14.6. The molecule has 0 saturated heterocycles. The lowest BCUT2D eigenvalue weighted by Crippen LogP contribution is -2.16. The minimum atomic E-state index is 0.214. The Morgan fingerprint density at radius 2 is 2.11 bits per heavy atom. The first-order valence-corrected chi connectivity index (χ1v) is 7.89. The summed E-state index contributed by atoms with van der Waals surface area (Å²) in [5.74, 6) is 0.867. The zero-order chi connectivity index (χ0) is 13.8. The van der Waals surface area contributed by atoms with Gasteiger partial charge in [-0.2, -0.15) is 0 Å². The van der Waals surface area contributed by atoms with E-state index in [0.717, 1.165) is 16.6 Å². The van der Waals surface area contributed by atoms with Gasteiger partial charge in [-0.15, -0.1) is 11.3 Å². The summed E-state index contributed by atoms with van der Waals surface area (Å²) in [5.41, 5.74) is 1.23. The van der Waals surface area contributed by atoms with Crippen LogP contribution in [0.2, 0.25) is 0 Å². The van der Waals surface area contributed by atoms with Crippen molar-refractivity contribution in [1.82, 2.24) is 5.32 Å². The third-order valence-electron chi connectivity index (χ3n) is 3.12. The van der Waals surface area contributed by atoms with Crippen LogP contribution in [-0.2, 0) is 6.42 Å². The van der Waals surface area contributed by atoms with Crippen molar-refractivity contribution in [2.24, 2.45) is 0 Å². The lowest BCUT2D eigenvalue weighted by molar-refractivity contribution is 0.414. The molecule has 1 N–H and O–H groups in total. The second-order valence-electron chi connectivity index (χ2n) is 4.27. The van der Waals surface area contributed by atoms with Crippen LogP contribution in [-0.4, -0.2) is 14.2 Å². The van der Waals surface area contributed by atoms with Crippen molar-refractivity contribution in [2.75, 3.05) is 14.2 Å². The van der Waals surface area contributed by atoms with Crippen molar-refractivity contribution in [3.8, 4) is 5.75 Å². The highest BCUT2D eigenvalue weighted by atomic mass is 79.9. The summed E-state index contributed by atoms with van der Waals surface area (Å²) in [4.78, 5) is 2.75. The topological polar surface area (TPSA) is 21.3 Å². The van der Waals surface area contributed by atoms with Gasteiger partial charge in [-0.3, -0.25) is 0 Å². The average Bonchev–Trinajstić information content (AvgIpc) is 2.90. The second kappa shape index (κ2) is 6.55. The number of halogens is 1. The molecule has 2 nitrogen and oxygen atoms in total. The van der Waals surface area contributed by atoms with E-state index in [4.69, 9.17) is 4.74 Å². The van der Waals surface area contributed by atoms with Gasteiger partial charge in [0.25, 0.3) is 0 Å². The Bertz CT molecular complexity index is 553. The van der Waals surface area contributed by atoms with Gasteiger partial charge in [-0.1, -0.05) is 28.9 Å². The van der Waals surface area contributed by atoms with E-state index in [-0.39, 0.29) is 6.04 Å². The van der Waals surface area contributed by atoms with Crippen LogP contribution < -0.4 is 10.1 Å². The monoisotopic (exact) mass is 339 g/mol. The number of benzene rings is 1. The first-order chi connectivity index (χ1) is 9.19. The number of hydrogen-bond acceptors (Lipinski definition) is 3. The molecule has 0 radical (unpaired) electrons. The quantitative estimate of drug-likeness (QED) is 0.872. The van der Waals surface area contributed by atoms with Crippen LogP contribution in [0.3, 0.4) is 0 Å². The number of rotatable bonds is 5. The van der Waals surface area contributed by atoms with E-state index in [9.17, 15) is 0 Å². The van der Waals surface area contributed by atoms with Crippen LogP contribution in [0.5, 0.6) is 5.75 Å². The molecule has 4 heteroatoms. The maximum Gasteiger partial charge on any atom is 0.120 e. The van der Waals surface area contributed by atoms with Crippen molar-refractivity contribution in [3.63, 3.8) is 0 Å². The smallest absolute Gasteiger partial charge is 0.120 e. The van der Waals surface area contributed by atoms with Gasteiger partial charge in [0.1, 0.15) is 5.75 Å². The zero-order valence-electron chi connectivity index (χ0n) is 11.4. The zero-order valence-corrected chi connectivity index (χ0v) is 13.8. The van der Waals surface area contributed by atoms with Gasteiger partial charge in [0.2, 0.25) is 0 Å². The lowest BCUT2D eigenvalue weighted by atomic mass is 10.1. The summed E-state index contributed by atoms with van der Waals surface area (Å²) >= 11 is 5.50. The van der Waals surface area contributed by atoms with Crippen LogP contribution in [0.15, 0.2) is 34.8 Å². The van der Waals surface area contributed by atoms with Gasteiger partial charge in [0, 0.05) is 14.2 Å². The largest absolute Gasteiger partial charge is 0.497 e. The fourth-order valence-corrected chi connectivity index (χ4v) is 3.73. The van der Waals surface area contributed by atoms with Crippen molar-refractivity contribution < 1.29 is 4.74 Å². The van der Waals surface area contributed by atoms with Crippen LogP contribution in [0, 0.1) is 0 Å². The normalized spacial score (nSPS) is 12.4. The van der Waals surface area contributed by atoms with Crippen molar-refractivity contribution in [1.29, 1.82) is 0 Å². The van der Waals surface area contributed by atoms with Gasteiger partial charge in [-0.25, -0.2) is 0 Å². The summed E-state index contributed by atoms with van der Waals surface area (Å²) in [6.07, 6.45) is 1.09. The Morgan fingerprint density at radius 1 is 1.32 bits per heavy atom. The molecule has 1 aromatic carbocycles. The van der Waals surface area contributed by atoms with Crippen molar-refractivity contribution >= 4 is 27.3 Å². The van der Waals surface area contributed by atoms with Crippen LogP contribution in [0.4, 0.5) is 0 Å². The minimum Gasteiger partial charge on any atom is -0.497 e. The van der Waals surface area contributed by atoms with E-state index in [1.54, 1.807) is 7.11 Å². The SMILES string of the molecule is CCc1ccc(C(NC)c2ccc(OC)cc2Br)s1. The summed E-state index contributed by atoms with van der Waals surface area (Å²) in [5, 5.41) is 3.39. The molecule has 1 aromatic heterocycles. The molecule has 0 amide bonds. The van der Waals surface area contributed by atoms with E-state index >= 15 is 0 Å². The van der Waals surface area contributed by atoms with Crippen molar-refractivity contribution in [3.05, 3.63) is 50.1 Å². The summed E-state index contributed by atoms with van der Waals surface area (Å²) in [6, 6.07) is 10.7. The number of aryl methyl sites for hydroxylation is 1. The number of hydrogen-bond donors (Lipinski definition) is 1. The highest BCUT2D eigenvalue weighted by molar-refractivity contribution is 9.10. The van der Waals surface area contributed by atoms with Gasteiger partial charge >= 0.3 is 0 Å². The van der Waals surface area contributed by atoms with E-state index < -0.39 is 0 Å². The predicted molar refractivity (Wildman–Crippen MR) is 85.3 cm³/mol. The third kappa shape index (κ3) is 3.19. The first-order valence-electron chi connectivity index (χ1n) is 6.29. The molecular formula is C15H18BrNOS. The molecule has 0 aliphatic carbocycles. The maximum absolute atomic E-state index is 5.24. The third-order valence-corrected chi connectivity index (χ3v) is 5.10. The maximum atomic E-state index is 5.24. The number of nitrogens with one attached hydrogen (secondary N) is 1. The molecule has 1 heterocycles. The molecule has 2 rings (SSSR count). The number of ether oxygens (including phenoxy) is 1. The molecule has 0 saturated carbocycles. The number of thiophene rings is 1. The van der Waals surface area contributed by atoms with Crippen molar-refractivity contribution in [2.45, 2.75) is 19.4 Å². The van der Waals surface area contributed by atoms with Gasteiger partial charge in [0.05, 0.1) is 13.2 Å². The standard InChI is InChI=1S/C15H18BrNOS/c1-4-11-6-8-14(19-11)15(17-2)12-7-5-10(18-3)9-13(12)16/h5-9,15,17H,4H2,1-3H3. The summed E-state index contributed by atoms with van der Waals surface area (Å²) in [7, 11) is 3.68. The molecule has 0 aliphatic heterocycles. The molecule has 1 unspecified atom stereocenters. The Balaban J connectivity index is 2.36. The molecule has 2 aromatic rings. The Kier molecular flexibility index (Phi) is 5.02. The van der Waals surface area contributed by atoms with Crippen LogP contribution in [0.1, 0.15) is 28.3 Å². The molecule has 102 valence electrons. The molecular weight excluding hydrogens is 322 g/mol. The van der Waals surface area contributed by atoms with E-state index in [1.165, 1.54) is 15.3 Å². The van der Waals surface area contributed by atoms with E-state index in [2.05, 4.69) is 46.4 Å². The fourth-order valence-electron chi connectivity index (χ4n) is 2.06. The highest BCUT2D eigenvalue weighted by Gasteiger charge is 2.17. The van der Waals surface area contributed by atoms with E-state index in [1.807, 2.05) is 30.5 Å². The second-order valence-corrected chi connectivity index (χ2v) is 6.32. The minimum absolute atomic E-state index is 0.214.